The molecule has 0 N–H and O–H groups in total. The average Bonchev–Trinajstić information content (AvgIpc) is 2.75. The Balaban J connectivity index is 1.83. The maximum atomic E-state index is 2.73. The van der Waals surface area contributed by atoms with Crippen LogP contribution in [0.15, 0.2) is 0 Å². The van der Waals surface area contributed by atoms with E-state index in [2.05, 4.69) is 11.8 Å². The Morgan fingerprint density at radius 3 is 2.92 bits per heavy atom. The van der Waals surface area contributed by atoms with Crippen LogP contribution in [0.1, 0.15) is 32.6 Å². The molecule has 1 heteroatoms. The molecule has 3 rings (SSSR count). The molecule has 1 saturated heterocycles. The maximum Gasteiger partial charge on any atom is 0.0129 e. The first-order valence-corrected chi connectivity index (χ1v) is 5.64. The molecule has 0 aromatic carbocycles. The van der Waals surface area contributed by atoms with Crippen LogP contribution in [0.5, 0.6) is 0 Å². The Hall–Kier alpha value is -0.0400. The van der Waals surface area contributed by atoms with Gasteiger partial charge in [0.1, 0.15) is 0 Å². The highest BCUT2D eigenvalue weighted by molar-refractivity contribution is 5.04. The molecule has 2 bridgehead atoms. The normalized spacial score (nSPS) is 51.8. The van der Waals surface area contributed by atoms with Gasteiger partial charge >= 0.3 is 0 Å². The third-order valence-corrected chi connectivity index (χ3v) is 4.61. The predicted molar refractivity (Wildman–Crippen MR) is 50.0 cm³/mol. The lowest BCUT2D eigenvalue weighted by atomic mass is 9.88. The number of rotatable bonds is 1. The summed E-state index contributed by atoms with van der Waals surface area (Å²) < 4.78 is 0. The molecule has 0 aromatic rings. The standard InChI is InChI=1S/C11H19N/c1-2-12-7-8-6-11(12)10-5-3-4-9(8)10/h8-11H,2-7H2,1H3. The summed E-state index contributed by atoms with van der Waals surface area (Å²) >= 11 is 0. The number of fused-ring (bicyclic) bond motifs is 5. The molecule has 3 aliphatic rings. The fourth-order valence-corrected chi connectivity index (χ4v) is 4.17. The van der Waals surface area contributed by atoms with Crippen molar-refractivity contribution in [3.05, 3.63) is 0 Å². The van der Waals surface area contributed by atoms with Gasteiger partial charge in [0.25, 0.3) is 0 Å². The van der Waals surface area contributed by atoms with Crippen molar-refractivity contribution in [2.45, 2.75) is 38.6 Å². The molecular formula is C11H19N. The lowest BCUT2D eigenvalue weighted by molar-refractivity contribution is 0.133. The van der Waals surface area contributed by atoms with Crippen molar-refractivity contribution in [1.29, 1.82) is 0 Å². The van der Waals surface area contributed by atoms with E-state index in [0.29, 0.717) is 0 Å². The maximum absolute atomic E-state index is 2.73. The van der Waals surface area contributed by atoms with Gasteiger partial charge in [0.05, 0.1) is 0 Å². The summed E-state index contributed by atoms with van der Waals surface area (Å²) in [6, 6.07) is 1.01. The predicted octanol–water partition coefficient (Wildman–Crippen LogP) is 2.13. The summed E-state index contributed by atoms with van der Waals surface area (Å²) in [4.78, 5) is 2.73. The number of hydrogen-bond donors (Lipinski definition) is 0. The van der Waals surface area contributed by atoms with E-state index in [1.807, 2.05) is 0 Å². The van der Waals surface area contributed by atoms with Crippen LogP contribution in [0, 0.1) is 17.8 Å². The lowest BCUT2D eigenvalue weighted by Gasteiger charge is -2.34. The first-order valence-electron chi connectivity index (χ1n) is 5.64. The summed E-state index contributed by atoms with van der Waals surface area (Å²) in [7, 11) is 0. The third kappa shape index (κ3) is 0.783. The van der Waals surface area contributed by atoms with Gasteiger partial charge in [-0.3, -0.25) is 0 Å². The van der Waals surface area contributed by atoms with Crippen molar-refractivity contribution in [2.24, 2.45) is 17.8 Å². The molecule has 0 spiro atoms. The first kappa shape index (κ1) is 7.37. The van der Waals surface area contributed by atoms with Gasteiger partial charge in [-0.2, -0.15) is 0 Å². The van der Waals surface area contributed by atoms with Crippen LogP contribution in [-0.4, -0.2) is 24.0 Å². The molecule has 2 aliphatic carbocycles. The van der Waals surface area contributed by atoms with Crippen LogP contribution in [0.3, 0.4) is 0 Å². The molecular weight excluding hydrogens is 146 g/mol. The number of likely N-dealkylation sites (tertiary alicyclic amines) is 1. The molecule has 1 nitrogen and oxygen atoms in total. The first-order chi connectivity index (χ1) is 5.90. The monoisotopic (exact) mass is 165 g/mol. The third-order valence-electron chi connectivity index (χ3n) is 4.61. The minimum atomic E-state index is 1.01. The van der Waals surface area contributed by atoms with Crippen LogP contribution < -0.4 is 0 Å². The van der Waals surface area contributed by atoms with Crippen LogP contribution in [0.25, 0.3) is 0 Å². The van der Waals surface area contributed by atoms with E-state index in [1.165, 1.54) is 19.5 Å². The Bertz CT molecular complexity index is 187. The minimum Gasteiger partial charge on any atom is -0.300 e. The second kappa shape index (κ2) is 2.47. The van der Waals surface area contributed by atoms with Gasteiger partial charge in [0.15, 0.2) is 0 Å². The van der Waals surface area contributed by atoms with E-state index < -0.39 is 0 Å². The van der Waals surface area contributed by atoms with Crippen molar-refractivity contribution >= 4 is 0 Å². The highest BCUT2D eigenvalue weighted by Crippen LogP contribution is 2.53. The van der Waals surface area contributed by atoms with Crippen LogP contribution in [-0.2, 0) is 0 Å². The summed E-state index contributed by atoms with van der Waals surface area (Å²) in [5, 5.41) is 0. The summed E-state index contributed by atoms with van der Waals surface area (Å²) in [5.41, 5.74) is 0. The van der Waals surface area contributed by atoms with Gasteiger partial charge in [-0.25, -0.2) is 0 Å². The van der Waals surface area contributed by atoms with Crippen molar-refractivity contribution in [3.8, 4) is 0 Å². The quantitative estimate of drug-likeness (QED) is 0.575. The molecule has 12 heavy (non-hydrogen) atoms. The van der Waals surface area contributed by atoms with E-state index in [1.54, 1.807) is 19.3 Å². The highest BCUT2D eigenvalue weighted by atomic mass is 15.2. The fourth-order valence-electron chi connectivity index (χ4n) is 4.17. The van der Waals surface area contributed by atoms with Gasteiger partial charge in [0.2, 0.25) is 0 Å². The van der Waals surface area contributed by atoms with Crippen molar-refractivity contribution in [3.63, 3.8) is 0 Å². The molecule has 1 heterocycles. The fraction of sp³-hybridized carbons (Fsp3) is 1.00. The van der Waals surface area contributed by atoms with Crippen LogP contribution in [0.4, 0.5) is 0 Å². The Morgan fingerprint density at radius 2 is 2.08 bits per heavy atom. The number of piperidine rings is 1. The molecule has 0 radical (unpaired) electrons. The van der Waals surface area contributed by atoms with E-state index in [4.69, 9.17) is 0 Å². The minimum absolute atomic E-state index is 1.01. The molecule has 4 unspecified atom stereocenters. The Labute approximate surface area is 75.1 Å². The molecule has 68 valence electrons. The smallest absolute Gasteiger partial charge is 0.0129 e. The zero-order chi connectivity index (χ0) is 8.13. The number of nitrogens with zero attached hydrogens (tertiary/aromatic N) is 1. The van der Waals surface area contributed by atoms with Gasteiger partial charge in [-0.1, -0.05) is 13.3 Å². The molecule has 2 saturated carbocycles. The van der Waals surface area contributed by atoms with Crippen LogP contribution in [0.2, 0.25) is 0 Å². The summed E-state index contributed by atoms with van der Waals surface area (Å²) in [6.45, 7) is 5.05. The lowest BCUT2D eigenvalue weighted by Crippen LogP contribution is -2.40. The van der Waals surface area contributed by atoms with Crippen molar-refractivity contribution in [1.82, 2.24) is 4.90 Å². The van der Waals surface area contributed by atoms with E-state index in [0.717, 1.165) is 23.8 Å². The van der Waals surface area contributed by atoms with Gasteiger partial charge in [0, 0.05) is 12.6 Å². The SMILES string of the molecule is CCN1CC2CC1C1CCCC21. The Morgan fingerprint density at radius 1 is 1.25 bits per heavy atom. The summed E-state index contributed by atoms with van der Waals surface area (Å²) in [6.07, 6.45) is 6.18. The molecule has 3 fully saturated rings. The highest BCUT2D eigenvalue weighted by Gasteiger charge is 2.52. The van der Waals surface area contributed by atoms with E-state index >= 15 is 0 Å². The second-order valence-corrected chi connectivity index (χ2v) is 4.91. The molecule has 0 aromatic heterocycles. The van der Waals surface area contributed by atoms with Crippen molar-refractivity contribution in [2.75, 3.05) is 13.1 Å². The van der Waals surface area contributed by atoms with Crippen molar-refractivity contribution < 1.29 is 0 Å². The summed E-state index contributed by atoms with van der Waals surface area (Å²) in [5.74, 6) is 3.36. The van der Waals surface area contributed by atoms with Gasteiger partial charge < -0.3 is 4.90 Å². The van der Waals surface area contributed by atoms with Crippen LogP contribution >= 0.6 is 0 Å². The zero-order valence-electron chi connectivity index (χ0n) is 8.00. The van der Waals surface area contributed by atoms with E-state index in [9.17, 15) is 0 Å². The largest absolute Gasteiger partial charge is 0.300 e. The molecule has 4 atom stereocenters. The topological polar surface area (TPSA) is 3.24 Å². The zero-order valence-corrected chi connectivity index (χ0v) is 8.00. The molecule has 0 amide bonds. The van der Waals surface area contributed by atoms with Gasteiger partial charge in [-0.15, -0.1) is 0 Å². The second-order valence-electron chi connectivity index (χ2n) is 4.91. The van der Waals surface area contributed by atoms with Gasteiger partial charge in [-0.05, 0) is 43.6 Å². The average molecular weight is 165 g/mol. The Kier molecular flexibility index (Phi) is 1.52. The molecule has 1 aliphatic heterocycles. The number of hydrogen-bond acceptors (Lipinski definition) is 1. The van der Waals surface area contributed by atoms with E-state index in [-0.39, 0.29) is 0 Å².